The van der Waals surface area contributed by atoms with E-state index in [0.29, 0.717) is 37.7 Å². The van der Waals surface area contributed by atoms with E-state index in [4.69, 9.17) is 4.74 Å². The van der Waals surface area contributed by atoms with Crippen LogP contribution in [-0.2, 0) is 9.59 Å². The first-order chi connectivity index (χ1) is 11.8. The van der Waals surface area contributed by atoms with Gasteiger partial charge in [-0.25, -0.2) is 4.39 Å². The van der Waals surface area contributed by atoms with Crippen LogP contribution in [0.25, 0.3) is 0 Å². The van der Waals surface area contributed by atoms with Gasteiger partial charge in [-0.2, -0.15) is 0 Å². The number of hydrogen-bond acceptors (Lipinski definition) is 3. The summed E-state index contributed by atoms with van der Waals surface area (Å²) in [5.41, 5.74) is 0.0233. The Hall–Kier alpha value is -2.11. The van der Waals surface area contributed by atoms with Gasteiger partial charge in [-0.15, -0.1) is 0 Å². The highest BCUT2D eigenvalue weighted by Crippen LogP contribution is 2.34. The quantitative estimate of drug-likeness (QED) is 0.784. The fourth-order valence-electron chi connectivity index (χ4n) is 3.48. The molecule has 5 nitrogen and oxygen atoms in total. The van der Waals surface area contributed by atoms with Crippen LogP contribution in [0.2, 0.25) is 0 Å². The lowest BCUT2D eigenvalue weighted by atomic mass is 9.90. The first-order valence-electron chi connectivity index (χ1n) is 8.80. The van der Waals surface area contributed by atoms with Crippen molar-refractivity contribution in [1.82, 2.24) is 4.90 Å². The van der Waals surface area contributed by atoms with Crippen LogP contribution in [0.3, 0.4) is 0 Å². The number of likely N-dealkylation sites (tertiary alicyclic amines) is 1. The average Bonchev–Trinajstić information content (AvgIpc) is 2.59. The summed E-state index contributed by atoms with van der Waals surface area (Å²) in [6.45, 7) is 7.58. The number of piperidine rings is 1. The summed E-state index contributed by atoms with van der Waals surface area (Å²) in [4.78, 5) is 29.0. The van der Waals surface area contributed by atoms with E-state index in [1.807, 2.05) is 20.8 Å². The third-order valence-electron chi connectivity index (χ3n) is 4.75. The fourth-order valence-corrected chi connectivity index (χ4v) is 3.48. The molecule has 2 heterocycles. The largest absolute Gasteiger partial charge is 0.490 e. The molecular weight excluding hydrogens is 323 g/mol. The number of carbonyl (C=O) groups excluding carboxylic acids is 2. The molecule has 1 aromatic rings. The van der Waals surface area contributed by atoms with Crippen LogP contribution >= 0.6 is 0 Å². The SMILES string of the molecule is CC(C)(C)C(=O)N1CCC[C@@H](C(=O)N2CCOc3ccc(F)cc32)C1. The van der Waals surface area contributed by atoms with Gasteiger partial charge in [-0.05, 0) is 25.0 Å². The zero-order valence-corrected chi connectivity index (χ0v) is 15.0. The highest BCUT2D eigenvalue weighted by Gasteiger charge is 2.36. The maximum atomic E-state index is 13.6. The maximum absolute atomic E-state index is 13.6. The lowest BCUT2D eigenvalue weighted by molar-refractivity contribution is -0.142. The van der Waals surface area contributed by atoms with E-state index < -0.39 is 11.2 Å². The van der Waals surface area contributed by atoms with Crippen molar-refractivity contribution in [3.05, 3.63) is 24.0 Å². The van der Waals surface area contributed by atoms with Crippen molar-refractivity contribution < 1.29 is 18.7 Å². The van der Waals surface area contributed by atoms with Crippen molar-refractivity contribution in [2.45, 2.75) is 33.6 Å². The predicted octanol–water partition coefficient (Wildman–Crippen LogP) is 2.84. The van der Waals surface area contributed by atoms with E-state index in [1.54, 1.807) is 15.9 Å². The number of rotatable bonds is 1. The van der Waals surface area contributed by atoms with Crippen LogP contribution in [0.15, 0.2) is 18.2 Å². The van der Waals surface area contributed by atoms with Gasteiger partial charge in [0.25, 0.3) is 0 Å². The molecule has 0 bridgehead atoms. The lowest BCUT2D eigenvalue weighted by Crippen LogP contribution is -2.50. The molecule has 0 saturated carbocycles. The lowest BCUT2D eigenvalue weighted by Gasteiger charge is -2.38. The third kappa shape index (κ3) is 3.62. The van der Waals surface area contributed by atoms with Crippen LogP contribution < -0.4 is 9.64 Å². The smallest absolute Gasteiger partial charge is 0.232 e. The monoisotopic (exact) mass is 348 g/mol. The predicted molar refractivity (Wildman–Crippen MR) is 93.0 cm³/mol. The minimum absolute atomic E-state index is 0.0541. The number of fused-ring (bicyclic) bond motifs is 1. The molecule has 3 rings (SSSR count). The number of benzene rings is 1. The Morgan fingerprint density at radius 2 is 2.00 bits per heavy atom. The van der Waals surface area contributed by atoms with Crippen LogP contribution in [0, 0.1) is 17.2 Å². The van der Waals surface area contributed by atoms with Crippen LogP contribution in [-0.4, -0.2) is 43.0 Å². The van der Waals surface area contributed by atoms with E-state index >= 15 is 0 Å². The number of nitrogens with zero attached hydrogens (tertiary/aromatic N) is 2. The van der Waals surface area contributed by atoms with Gasteiger partial charge >= 0.3 is 0 Å². The van der Waals surface area contributed by atoms with Crippen molar-refractivity contribution in [1.29, 1.82) is 0 Å². The van der Waals surface area contributed by atoms with Crippen LogP contribution in [0.1, 0.15) is 33.6 Å². The Bertz CT molecular complexity index is 684. The Morgan fingerprint density at radius 1 is 1.24 bits per heavy atom. The number of anilines is 1. The second-order valence-electron chi connectivity index (χ2n) is 7.79. The zero-order chi connectivity index (χ0) is 18.2. The summed E-state index contributed by atoms with van der Waals surface area (Å²) in [6.07, 6.45) is 1.55. The van der Waals surface area contributed by atoms with Crippen molar-refractivity contribution in [2.75, 3.05) is 31.1 Å². The van der Waals surface area contributed by atoms with Crippen molar-refractivity contribution in [2.24, 2.45) is 11.3 Å². The van der Waals surface area contributed by atoms with E-state index in [0.717, 1.165) is 12.8 Å². The van der Waals surface area contributed by atoms with Gasteiger partial charge in [-0.3, -0.25) is 9.59 Å². The molecule has 6 heteroatoms. The van der Waals surface area contributed by atoms with E-state index in [1.165, 1.54) is 12.1 Å². The molecule has 0 aromatic heterocycles. The second-order valence-corrected chi connectivity index (χ2v) is 7.79. The minimum atomic E-state index is -0.459. The van der Waals surface area contributed by atoms with Crippen molar-refractivity contribution >= 4 is 17.5 Å². The Labute approximate surface area is 147 Å². The molecule has 1 fully saturated rings. The first-order valence-corrected chi connectivity index (χ1v) is 8.80. The highest BCUT2D eigenvalue weighted by atomic mass is 19.1. The van der Waals surface area contributed by atoms with Gasteiger partial charge in [0.1, 0.15) is 18.2 Å². The van der Waals surface area contributed by atoms with Gasteiger partial charge in [0, 0.05) is 24.6 Å². The molecule has 0 unspecified atom stereocenters. The summed E-state index contributed by atoms with van der Waals surface area (Å²) in [7, 11) is 0. The van der Waals surface area contributed by atoms with Gasteiger partial charge in [0.05, 0.1) is 18.2 Å². The van der Waals surface area contributed by atoms with Gasteiger partial charge in [0.15, 0.2) is 0 Å². The third-order valence-corrected chi connectivity index (χ3v) is 4.75. The Kier molecular flexibility index (Phi) is 4.71. The molecule has 2 aliphatic heterocycles. The number of carbonyl (C=O) groups is 2. The van der Waals surface area contributed by atoms with Gasteiger partial charge < -0.3 is 14.5 Å². The van der Waals surface area contributed by atoms with E-state index in [-0.39, 0.29) is 17.7 Å². The van der Waals surface area contributed by atoms with E-state index in [9.17, 15) is 14.0 Å². The Balaban J connectivity index is 1.78. The topological polar surface area (TPSA) is 49.9 Å². The molecule has 0 N–H and O–H groups in total. The average molecular weight is 348 g/mol. The highest BCUT2D eigenvalue weighted by molar-refractivity contribution is 5.97. The molecule has 2 aliphatic rings. The van der Waals surface area contributed by atoms with E-state index in [2.05, 4.69) is 0 Å². The molecule has 1 atom stereocenters. The molecule has 1 aromatic carbocycles. The summed E-state index contributed by atoms with van der Waals surface area (Å²) in [5, 5.41) is 0. The fraction of sp³-hybridized carbons (Fsp3) is 0.579. The number of hydrogen-bond donors (Lipinski definition) is 0. The zero-order valence-electron chi connectivity index (χ0n) is 15.0. The molecule has 0 spiro atoms. The normalized spacial score (nSPS) is 20.7. The summed E-state index contributed by atoms with van der Waals surface area (Å²) in [5.74, 6) is -0.107. The van der Waals surface area contributed by atoms with Gasteiger partial charge in [0.2, 0.25) is 11.8 Å². The molecule has 0 radical (unpaired) electrons. The molecular formula is C19H25FN2O3. The standard InChI is InChI=1S/C19H25FN2O3/c1-19(2,3)18(24)21-8-4-5-13(12-21)17(23)22-9-10-25-16-7-6-14(20)11-15(16)22/h6-7,11,13H,4-5,8-10,12H2,1-3H3/t13-/m1/s1. The van der Waals surface area contributed by atoms with Crippen molar-refractivity contribution in [3.8, 4) is 5.75 Å². The summed E-state index contributed by atoms with van der Waals surface area (Å²) in [6, 6.07) is 4.23. The summed E-state index contributed by atoms with van der Waals surface area (Å²) < 4.78 is 19.2. The van der Waals surface area contributed by atoms with Crippen LogP contribution in [0.5, 0.6) is 5.75 Å². The van der Waals surface area contributed by atoms with Gasteiger partial charge in [-0.1, -0.05) is 20.8 Å². The van der Waals surface area contributed by atoms with Crippen molar-refractivity contribution in [3.63, 3.8) is 0 Å². The number of ether oxygens (including phenoxy) is 1. The molecule has 136 valence electrons. The molecule has 25 heavy (non-hydrogen) atoms. The minimum Gasteiger partial charge on any atom is -0.490 e. The van der Waals surface area contributed by atoms with Crippen LogP contribution in [0.4, 0.5) is 10.1 Å². The molecule has 2 amide bonds. The molecule has 0 aliphatic carbocycles. The first kappa shape index (κ1) is 17.7. The second kappa shape index (κ2) is 6.65. The maximum Gasteiger partial charge on any atom is 0.232 e. The Morgan fingerprint density at radius 3 is 2.72 bits per heavy atom. The number of halogens is 1. The molecule has 1 saturated heterocycles. The summed E-state index contributed by atoms with van der Waals surface area (Å²) >= 11 is 0. The number of amides is 2.